The first-order chi connectivity index (χ1) is 16.5. The molecule has 0 radical (unpaired) electrons. The lowest BCUT2D eigenvalue weighted by Crippen LogP contribution is -2.22. The molecule has 0 atom stereocenters. The predicted octanol–water partition coefficient (Wildman–Crippen LogP) is 7.90. The fraction of sp³-hybridized carbons (Fsp3) is 0.154. The van der Waals surface area contributed by atoms with Crippen LogP contribution in [0.3, 0.4) is 0 Å². The van der Waals surface area contributed by atoms with Crippen molar-refractivity contribution in [3.8, 4) is 5.75 Å². The van der Waals surface area contributed by atoms with E-state index in [4.69, 9.17) is 0 Å². The molecule has 4 rings (SSSR count). The molecule has 0 N–H and O–H groups in total. The van der Waals surface area contributed by atoms with Crippen LogP contribution in [0.4, 0.5) is 35.1 Å². The van der Waals surface area contributed by atoms with Crippen LogP contribution in [0.5, 0.6) is 5.75 Å². The van der Waals surface area contributed by atoms with E-state index in [1.54, 1.807) is 0 Å². The second-order valence-electron chi connectivity index (χ2n) is 7.97. The van der Waals surface area contributed by atoms with Crippen molar-refractivity contribution in [1.29, 1.82) is 0 Å². The van der Waals surface area contributed by atoms with Crippen LogP contribution < -0.4 is 4.74 Å². The third-order valence-corrected chi connectivity index (χ3v) is 5.57. The Balaban J connectivity index is 1.52. The minimum absolute atomic E-state index is 0.138. The highest BCUT2D eigenvalue weighted by molar-refractivity contribution is 5.85. The molecule has 182 valence electrons. The molecule has 0 aliphatic heterocycles. The number of halogens is 8. The largest absolute Gasteiger partial charge is 0.429 e. The summed E-state index contributed by atoms with van der Waals surface area (Å²) in [6.07, 6.45) is -3.57. The number of ether oxygens (including phenoxy) is 1. The van der Waals surface area contributed by atoms with Gasteiger partial charge in [-0.25, -0.2) is 26.3 Å². The maximum absolute atomic E-state index is 14.7. The number of rotatable bonds is 6. The highest BCUT2D eigenvalue weighted by atomic mass is 19.3. The lowest BCUT2D eigenvalue weighted by atomic mass is 10.0. The van der Waals surface area contributed by atoms with E-state index in [1.807, 2.05) is 0 Å². The van der Waals surface area contributed by atoms with Crippen molar-refractivity contribution in [3.05, 3.63) is 112 Å². The minimum Gasteiger partial charge on any atom is -0.429 e. The first-order valence-electron chi connectivity index (χ1n) is 10.3. The Morgan fingerprint density at radius 1 is 0.686 bits per heavy atom. The van der Waals surface area contributed by atoms with Crippen LogP contribution in [0.25, 0.3) is 10.8 Å². The van der Waals surface area contributed by atoms with Crippen molar-refractivity contribution >= 4 is 10.8 Å². The summed E-state index contributed by atoms with van der Waals surface area (Å²) in [5, 5.41) is -1.39. The van der Waals surface area contributed by atoms with Gasteiger partial charge in [-0.15, -0.1) is 0 Å². The van der Waals surface area contributed by atoms with Crippen LogP contribution in [0.15, 0.2) is 54.6 Å². The van der Waals surface area contributed by atoms with E-state index in [-0.39, 0.29) is 24.0 Å². The average Bonchev–Trinajstić information content (AvgIpc) is 2.80. The molecular weight excluding hydrogens is 480 g/mol. The maximum Gasteiger partial charge on any atom is 0.426 e. The van der Waals surface area contributed by atoms with Gasteiger partial charge in [0.25, 0.3) is 0 Å². The van der Waals surface area contributed by atoms with E-state index < -0.39 is 63.1 Å². The number of hydrogen-bond donors (Lipinski definition) is 0. The summed E-state index contributed by atoms with van der Waals surface area (Å²) in [5.41, 5.74) is 0.281. The summed E-state index contributed by atoms with van der Waals surface area (Å²) in [7, 11) is 0. The number of benzene rings is 4. The van der Waals surface area contributed by atoms with Crippen LogP contribution in [-0.2, 0) is 19.0 Å². The van der Waals surface area contributed by atoms with Crippen LogP contribution in [0.1, 0.15) is 22.3 Å². The van der Waals surface area contributed by atoms with Crippen LogP contribution in [-0.4, -0.2) is 0 Å². The minimum atomic E-state index is -3.96. The smallest absolute Gasteiger partial charge is 0.426 e. The summed E-state index contributed by atoms with van der Waals surface area (Å²) in [4.78, 5) is 0. The van der Waals surface area contributed by atoms with Crippen molar-refractivity contribution in [2.45, 2.75) is 25.9 Å². The van der Waals surface area contributed by atoms with Gasteiger partial charge in [0, 0.05) is 6.07 Å². The van der Waals surface area contributed by atoms with Crippen molar-refractivity contribution in [2.75, 3.05) is 0 Å². The molecule has 0 saturated heterocycles. The molecule has 0 aliphatic rings. The zero-order valence-electron chi connectivity index (χ0n) is 18.0. The molecule has 0 saturated carbocycles. The second-order valence-corrected chi connectivity index (χ2v) is 7.97. The Morgan fingerprint density at radius 2 is 1.37 bits per heavy atom. The van der Waals surface area contributed by atoms with E-state index in [1.165, 1.54) is 31.2 Å². The van der Waals surface area contributed by atoms with E-state index in [2.05, 4.69) is 4.74 Å². The fourth-order valence-electron chi connectivity index (χ4n) is 3.65. The number of hydrogen-bond acceptors (Lipinski definition) is 1. The summed E-state index contributed by atoms with van der Waals surface area (Å²) < 4.78 is 117. The van der Waals surface area contributed by atoms with Crippen LogP contribution >= 0.6 is 0 Å². The number of fused-ring (bicyclic) bond motifs is 1. The molecule has 0 aromatic heterocycles. The molecular formula is C26H16F8O. The van der Waals surface area contributed by atoms with E-state index in [0.29, 0.717) is 17.7 Å². The molecule has 0 aliphatic carbocycles. The van der Waals surface area contributed by atoms with Gasteiger partial charge in [0.15, 0.2) is 29.1 Å². The second kappa shape index (κ2) is 9.20. The molecule has 1 nitrogen and oxygen atoms in total. The Labute approximate surface area is 194 Å². The van der Waals surface area contributed by atoms with Gasteiger partial charge >= 0.3 is 6.11 Å². The summed E-state index contributed by atoms with van der Waals surface area (Å²) in [5.74, 6) is -9.29. The quantitative estimate of drug-likeness (QED) is 0.195. The van der Waals surface area contributed by atoms with Gasteiger partial charge in [-0.2, -0.15) is 8.78 Å². The van der Waals surface area contributed by atoms with Crippen molar-refractivity contribution < 1.29 is 39.9 Å². The monoisotopic (exact) mass is 496 g/mol. The molecule has 4 aromatic carbocycles. The molecule has 0 unspecified atom stereocenters. The topological polar surface area (TPSA) is 9.23 Å². The van der Waals surface area contributed by atoms with Gasteiger partial charge < -0.3 is 4.74 Å². The first kappa shape index (κ1) is 24.5. The molecule has 4 aromatic rings. The number of aryl methyl sites for hydroxylation is 3. The average molecular weight is 496 g/mol. The molecule has 0 fully saturated rings. The Morgan fingerprint density at radius 3 is 2.06 bits per heavy atom. The highest BCUT2D eigenvalue weighted by Crippen LogP contribution is 2.35. The molecule has 35 heavy (non-hydrogen) atoms. The maximum atomic E-state index is 14.7. The van der Waals surface area contributed by atoms with Crippen molar-refractivity contribution in [1.82, 2.24) is 0 Å². The van der Waals surface area contributed by atoms with Gasteiger partial charge in [0.05, 0.1) is 10.9 Å². The fourth-order valence-corrected chi connectivity index (χ4v) is 3.65. The van der Waals surface area contributed by atoms with Gasteiger partial charge in [-0.3, -0.25) is 0 Å². The molecule has 0 spiro atoms. The van der Waals surface area contributed by atoms with Crippen molar-refractivity contribution in [2.24, 2.45) is 0 Å². The normalized spacial score (nSPS) is 11.8. The Hall–Kier alpha value is -3.62. The molecule has 9 heteroatoms. The summed E-state index contributed by atoms with van der Waals surface area (Å²) in [6.45, 7) is 1.44. The lowest BCUT2D eigenvalue weighted by molar-refractivity contribution is -0.185. The van der Waals surface area contributed by atoms with E-state index in [9.17, 15) is 35.1 Å². The predicted molar refractivity (Wildman–Crippen MR) is 113 cm³/mol. The van der Waals surface area contributed by atoms with Crippen LogP contribution in [0.2, 0.25) is 0 Å². The standard InChI is InChI=1S/C26H16F8O/c1-13-2-6-15(23(30)22(13)29)7-3-14-4-8-17(9-5-14)26(33,34)35-18-10-16-11-20(28)24(31)25(32)21(16)19(27)12-18/h2,4-6,8-12H,3,7H2,1H3. The lowest BCUT2D eigenvalue weighted by Gasteiger charge is -2.19. The van der Waals surface area contributed by atoms with Crippen molar-refractivity contribution in [3.63, 3.8) is 0 Å². The van der Waals surface area contributed by atoms with Gasteiger partial charge in [-0.05, 0) is 66.1 Å². The summed E-state index contributed by atoms with van der Waals surface area (Å²) >= 11 is 0. The zero-order valence-corrected chi connectivity index (χ0v) is 18.0. The molecule has 0 heterocycles. The Bertz CT molecular complexity index is 1410. The third-order valence-electron chi connectivity index (χ3n) is 5.57. The molecule has 0 amide bonds. The highest BCUT2D eigenvalue weighted by Gasteiger charge is 2.35. The van der Waals surface area contributed by atoms with Crippen LogP contribution in [0, 0.1) is 41.8 Å². The van der Waals surface area contributed by atoms with Gasteiger partial charge in [0.2, 0.25) is 0 Å². The van der Waals surface area contributed by atoms with E-state index >= 15 is 0 Å². The number of alkyl halides is 2. The van der Waals surface area contributed by atoms with Gasteiger partial charge in [-0.1, -0.05) is 24.3 Å². The first-order valence-corrected chi connectivity index (χ1v) is 10.3. The molecule has 0 bridgehead atoms. The van der Waals surface area contributed by atoms with E-state index in [0.717, 1.165) is 18.2 Å². The SMILES string of the molecule is Cc1ccc(CCc2ccc(C(F)(F)Oc3cc(F)c4c(F)c(F)c(F)cc4c3)cc2)c(F)c1F. The zero-order chi connectivity index (χ0) is 25.5. The summed E-state index contributed by atoms with van der Waals surface area (Å²) in [6, 6.07) is 9.39. The Kier molecular flexibility index (Phi) is 6.44. The third kappa shape index (κ3) is 4.80. The van der Waals surface area contributed by atoms with Gasteiger partial charge in [0.1, 0.15) is 11.6 Å².